The summed E-state index contributed by atoms with van der Waals surface area (Å²) in [5, 5.41) is 0. The summed E-state index contributed by atoms with van der Waals surface area (Å²) >= 11 is 0. The maximum Gasteiger partial charge on any atom is 0.159 e. The van der Waals surface area contributed by atoms with E-state index in [-0.39, 0.29) is 0 Å². The van der Waals surface area contributed by atoms with Gasteiger partial charge in [0.05, 0.1) is 0 Å². The van der Waals surface area contributed by atoms with E-state index < -0.39 is 0 Å². The third-order valence-corrected chi connectivity index (χ3v) is 8.72. The molecule has 37 heavy (non-hydrogen) atoms. The highest BCUT2D eigenvalue weighted by Gasteiger charge is 2.27. The zero-order chi connectivity index (χ0) is 26.1. The molecule has 0 saturated heterocycles. The predicted octanol–water partition coefficient (Wildman–Crippen LogP) is 10.9. The molecule has 0 spiro atoms. The van der Waals surface area contributed by atoms with Crippen LogP contribution in [0.3, 0.4) is 0 Å². The van der Waals surface area contributed by atoms with E-state index in [9.17, 15) is 0 Å². The maximum absolute atomic E-state index is 4.71. The van der Waals surface area contributed by atoms with E-state index >= 15 is 0 Å². The number of nitrogens with zero attached hydrogens (tertiary/aromatic N) is 2. The van der Waals surface area contributed by atoms with Gasteiger partial charge in [-0.2, -0.15) is 0 Å². The van der Waals surface area contributed by atoms with E-state index in [0.717, 1.165) is 36.1 Å². The van der Waals surface area contributed by atoms with E-state index in [2.05, 4.69) is 50.8 Å². The summed E-state index contributed by atoms with van der Waals surface area (Å²) < 4.78 is 0. The highest BCUT2D eigenvalue weighted by molar-refractivity contribution is 5.55. The number of aryl methyl sites for hydroxylation is 1. The van der Waals surface area contributed by atoms with Crippen LogP contribution in [0.15, 0.2) is 49.3 Å². The summed E-state index contributed by atoms with van der Waals surface area (Å²) in [5.41, 5.74) is 3.85. The molecular formula is C35H54N2. The number of rotatable bonds is 18. The van der Waals surface area contributed by atoms with Gasteiger partial charge in [0.15, 0.2) is 5.82 Å². The normalized spacial score (nSPS) is 18.5. The Bertz CT molecular complexity index is 846. The average molecular weight is 503 g/mol. The molecule has 2 nitrogen and oxygen atoms in total. The largest absolute Gasteiger partial charge is 0.236 e. The lowest BCUT2D eigenvalue weighted by Gasteiger charge is -2.34. The van der Waals surface area contributed by atoms with Crippen molar-refractivity contribution in [3.05, 3.63) is 60.4 Å². The molecule has 1 saturated carbocycles. The Morgan fingerprint density at radius 1 is 0.784 bits per heavy atom. The molecule has 0 bridgehead atoms. The van der Waals surface area contributed by atoms with Crippen LogP contribution in [0.1, 0.15) is 140 Å². The number of hydrogen-bond acceptors (Lipinski definition) is 2. The average Bonchev–Trinajstić information content (AvgIpc) is 2.94. The van der Waals surface area contributed by atoms with Gasteiger partial charge in [-0.05, 0) is 61.0 Å². The van der Waals surface area contributed by atoms with Crippen LogP contribution in [0, 0.1) is 11.8 Å². The fourth-order valence-corrected chi connectivity index (χ4v) is 6.32. The summed E-state index contributed by atoms with van der Waals surface area (Å²) in [6.07, 6.45) is 30.4. The van der Waals surface area contributed by atoms with E-state index in [4.69, 9.17) is 9.97 Å². The van der Waals surface area contributed by atoms with Gasteiger partial charge in [0.1, 0.15) is 0 Å². The van der Waals surface area contributed by atoms with Crippen LogP contribution >= 0.6 is 0 Å². The summed E-state index contributed by atoms with van der Waals surface area (Å²) in [4.78, 5) is 9.42. The molecule has 0 N–H and O–H groups in total. The molecule has 204 valence electrons. The molecule has 2 heteroatoms. The number of benzene rings is 1. The van der Waals surface area contributed by atoms with E-state index in [0.29, 0.717) is 5.92 Å². The summed E-state index contributed by atoms with van der Waals surface area (Å²) in [6.45, 7) is 8.67. The molecule has 1 aliphatic rings. The minimum absolute atomic E-state index is 0.595. The van der Waals surface area contributed by atoms with Gasteiger partial charge in [-0.1, -0.05) is 128 Å². The Kier molecular flexibility index (Phi) is 14.0. The number of aromatic nitrogens is 2. The monoisotopic (exact) mass is 502 g/mol. The second kappa shape index (κ2) is 17.5. The number of hydrogen-bond donors (Lipinski definition) is 0. The molecule has 2 aromatic rings. The Balaban J connectivity index is 1.47. The number of unbranched alkanes of at least 4 members (excludes halogenated alkanes) is 9. The van der Waals surface area contributed by atoms with E-state index in [1.54, 1.807) is 0 Å². The van der Waals surface area contributed by atoms with Crippen molar-refractivity contribution in [2.45, 2.75) is 135 Å². The van der Waals surface area contributed by atoms with Crippen LogP contribution < -0.4 is 0 Å². The highest BCUT2D eigenvalue weighted by Crippen LogP contribution is 2.41. The third-order valence-electron chi connectivity index (χ3n) is 8.72. The van der Waals surface area contributed by atoms with Crippen molar-refractivity contribution in [3.8, 4) is 11.4 Å². The van der Waals surface area contributed by atoms with Crippen molar-refractivity contribution in [2.24, 2.45) is 11.8 Å². The van der Waals surface area contributed by atoms with Gasteiger partial charge in [0.25, 0.3) is 0 Å². The summed E-state index contributed by atoms with van der Waals surface area (Å²) in [5.74, 6) is 3.19. The fraction of sp³-hybridized carbons (Fsp3) is 0.657. The smallest absolute Gasteiger partial charge is 0.159 e. The summed E-state index contributed by atoms with van der Waals surface area (Å²) in [6, 6.07) is 9.12. The number of allylic oxidation sites excluding steroid dienone is 1. The lowest BCUT2D eigenvalue weighted by Crippen LogP contribution is -2.20. The highest BCUT2D eigenvalue weighted by atomic mass is 14.9. The molecule has 1 aliphatic carbocycles. The Hall–Kier alpha value is -1.96. The van der Waals surface area contributed by atoms with Crippen molar-refractivity contribution in [1.29, 1.82) is 0 Å². The first-order valence-corrected chi connectivity index (χ1v) is 15.8. The molecule has 1 atom stereocenters. The predicted molar refractivity (Wildman–Crippen MR) is 161 cm³/mol. The molecule has 1 unspecified atom stereocenters. The zero-order valence-electron chi connectivity index (χ0n) is 24.1. The van der Waals surface area contributed by atoms with E-state index in [1.807, 2.05) is 12.4 Å². The van der Waals surface area contributed by atoms with Gasteiger partial charge in [-0.25, -0.2) is 9.97 Å². The van der Waals surface area contributed by atoms with Gasteiger partial charge in [-0.15, -0.1) is 6.58 Å². The molecule has 1 fully saturated rings. The maximum atomic E-state index is 4.71. The van der Waals surface area contributed by atoms with Crippen LogP contribution in [-0.4, -0.2) is 9.97 Å². The molecule has 1 aromatic carbocycles. The van der Waals surface area contributed by atoms with Crippen molar-refractivity contribution in [2.75, 3.05) is 0 Å². The molecule has 1 aromatic heterocycles. The first-order chi connectivity index (χ1) is 18.2. The SMILES string of the molecule is C=CCC(c1ccc(-c2ncc(CCCCCCCCCC)cn2)cc1)C1CCC(CCCCC)CC1. The minimum atomic E-state index is 0.595. The van der Waals surface area contributed by atoms with E-state index in [1.165, 1.54) is 114 Å². The van der Waals surface area contributed by atoms with Gasteiger partial charge < -0.3 is 0 Å². The van der Waals surface area contributed by atoms with Crippen molar-refractivity contribution < 1.29 is 0 Å². The topological polar surface area (TPSA) is 25.8 Å². The lowest BCUT2D eigenvalue weighted by molar-refractivity contribution is 0.230. The first-order valence-electron chi connectivity index (χ1n) is 15.8. The van der Waals surface area contributed by atoms with Crippen LogP contribution in [0.2, 0.25) is 0 Å². The molecule has 0 radical (unpaired) electrons. The standard InChI is InChI=1S/C35H54N2/c1-4-7-9-10-11-12-13-15-18-30-27-36-35(37-28-30)33-25-23-32(24-26-33)34(16-6-3)31-21-19-29(20-22-31)17-14-8-5-2/h6,23-29,31,34H,3-5,7-22H2,1-2H3. The lowest BCUT2D eigenvalue weighted by atomic mass is 9.71. The van der Waals surface area contributed by atoms with Crippen LogP contribution in [0.4, 0.5) is 0 Å². The second-order valence-corrected chi connectivity index (χ2v) is 11.7. The fourth-order valence-electron chi connectivity index (χ4n) is 6.32. The first kappa shape index (κ1) is 29.6. The van der Waals surface area contributed by atoms with Crippen LogP contribution in [-0.2, 0) is 6.42 Å². The molecule has 1 heterocycles. The Morgan fingerprint density at radius 2 is 1.38 bits per heavy atom. The van der Waals surface area contributed by atoms with Crippen molar-refractivity contribution >= 4 is 0 Å². The third kappa shape index (κ3) is 10.4. The minimum Gasteiger partial charge on any atom is -0.236 e. The quantitative estimate of drug-likeness (QED) is 0.150. The Labute approximate surface area is 228 Å². The van der Waals surface area contributed by atoms with Gasteiger partial charge in [-0.3, -0.25) is 0 Å². The molecular weight excluding hydrogens is 448 g/mol. The molecule has 0 aliphatic heterocycles. The van der Waals surface area contributed by atoms with Crippen LogP contribution in [0.5, 0.6) is 0 Å². The second-order valence-electron chi connectivity index (χ2n) is 11.7. The van der Waals surface area contributed by atoms with Gasteiger partial charge in [0, 0.05) is 18.0 Å². The molecule has 3 rings (SSSR count). The Morgan fingerprint density at radius 3 is 2.00 bits per heavy atom. The van der Waals surface area contributed by atoms with Crippen molar-refractivity contribution in [3.63, 3.8) is 0 Å². The van der Waals surface area contributed by atoms with Gasteiger partial charge in [0.2, 0.25) is 0 Å². The summed E-state index contributed by atoms with van der Waals surface area (Å²) in [7, 11) is 0. The zero-order valence-corrected chi connectivity index (χ0v) is 24.1. The van der Waals surface area contributed by atoms with Gasteiger partial charge >= 0.3 is 0 Å². The van der Waals surface area contributed by atoms with Crippen LogP contribution in [0.25, 0.3) is 11.4 Å². The molecule has 0 amide bonds. The van der Waals surface area contributed by atoms with Crippen molar-refractivity contribution in [1.82, 2.24) is 9.97 Å².